The summed E-state index contributed by atoms with van der Waals surface area (Å²) >= 11 is 0. The van der Waals surface area contributed by atoms with Gasteiger partial charge in [-0.2, -0.15) is 0 Å². The van der Waals surface area contributed by atoms with Crippen LogP contribution in [0.25, 0.3) is 33.5 Å². The van der Waals surface area contributed by atoms with Crippen LogP contribution in [0.15, 0.2) is 46.9 Å². The number of methoxy groups -OCH3 is 1. The highest BCUT2D eigenvalue weighted by Gasteiger charge is 2.22. The first-order valence-corrected chi connectivity index (χ1v) is 10.5. The number of hydrogen-bond donors (Lipinski definition) is 0. The molecule has 1 aliphatic heterocycles. The van der Waals surface area contributed by atoms with E-state index in [-0.39, 0.29) is 5.82 Å². The van der Waals surface area contributed by atoms with Crippen molar-refractivity contribution in [2.24, 2.45) is 0 Å². The molecule has 158 valence electrons. The van der Waals surface area contributed by atoms with Gasteiger partial charge in [0.05, 0.1) is 23.7 Å². The molecule has 0 radical (unpaired) electrons. The number of anilines is 1. The molecule has 0 atom stereocenters. The number of aromatic nitrogens is 2. The SMILES string of the molecule is COC(=O)c1ccc2nc(-c3cc4ccc(F)cc4o3)c(N3CCCCCC3)nc2c1. The lowest BCUT2D eigenvalue weighted by molar-refractivity contribution is 0.0601. The Bertz CT molecular complexity index is 1280. The maximum Gasteiger partial charge on any atom is 0.337 e. The van der Waals surface area contributed by atoms with Crippen molar-refractivity contribution in [3.63, 3.8) is 0 Å². The van der Waals surface area contributed by atoms with E-state index < -0.39 is 5.97 Å². The number of furan rings is 1. The second-order valence-corrected chi connectivity index (χ2v) is 7.78. The summed E-state index contributed by atoms with van der Waals surface area (Å²) in [6.45, 7) is 1.75. The Morgan fingerprint density at radius 1 is 1.00 bits per heavy atom. The van der Waals surface area contributed by atoms with Gasteiger partial charge in [0, 0.05) is 24.5 Å². The molecule has 1 fully saturated rings. The summed E-state index contributed by atoms with van der Waals surface area (Å²) in [6.07, 6.45) is 4.52. The van der Waals surface area contributed by atoms with E-state index in [0.717, 1.165) is 37.1 Å². The molecule has 1 saturated heterocycles. The van der Waals surface area contributed by atoms with E-state index >= 15 is 0 Å². The van der Waals surface area contributed by atoms with Crippen LogP contribution in [0.1, 0.15) is 36.0 Å². The van der Waals surface area contributed by atoms with Crippen LogP contribution in [0.5, 0.6) is 0 Å². The Labute approximate surface area is 178 Å². The molecule has 1 aliphatic rings. The molecule has 6 nitrogen and oxygen atoms in total. The van der Waals surface area contributed by atoms with Crippen LogP contribution in [-0.4, -0.2) is 36.1 Å². The van der Waals surface area contributed by atoms with Gasteiger partial charge in [-0.3, -0.25) is 0 Å². The average Bonchev–Trinajstić information content (AvgIpc) is 3.01. The summed E-state index contributed by atoms with van der Waals surface area (Å²) in [5.41, 5.74) is 2.79. The van der Waals surface area contributed by atoms with E-state index in [0.29, 0.717) is 33.6 Å². The van der Waals surface area contributed by atoms with Crippen molar-refractivity contribution in [3.05, 3.63) is 53.8 Å². The van der Waals surface area contributed by atoms with Crippen LogP contribution in [0.3, 0.4) is 0 Å². The molecule has 7 heteroatoms. The standard InChI is InChI=1S/C24H22FN3O3/c1-30-24(29)16-7-9-18-19(12-16)27-23(28-10-4-2-3-5-11-28)22(26-18)21-13-15-6-8-17(25)14-20(15)31-21/h6-9,12-14H,2-5,10-11H2,1H3. The topological polar surface area (TPSA) is 68.5 Å². The fourth-order valence-corrected chi connectivity index (χ4v) is 4.08. The number of ether oxygens (including phenoxy) is 1. The predicted molar refractivity (Wildman–Crippen MR) is 117 cm³/mol. The Kier molecular flexibility index (Phi) is 5.02. The second kappa shape index (κ2) is 7.98. The fraction of sp³-hybridized carbons (Fsp3) is 0.292. The predicted octanol–water partition coefficient (Wildman–Crippen LogP) is 5.35. The first-order chi connectivity index (χ1) is 15.1. The third kappa shape index (κ3) is 3.71. The molecule has 3 heterocycles. The molecular weight excluding hydrogens is 397 g/mol. The van der Waals surface area contributed by atoms with Crippen LogP contribution >= 0.6 is 0 Å². The highest BCUT2D eigenvalue weighted by Crippen LogP contribution is 2.35. The van der Waals surface area contributed by atoms with Crippen molar-refractivity contribution in [1.29, 1.82) is 0 Å². The lowest BCUT2D eigenvalue weighted by Crippen LogP contribution is -2.26. The number of fused-ring (bicyclic) bond motifs is 2. The van der Waals surface area contributed by atoms with Gasteiger partial charge in [0.25, 0.3) is 0 Å². The summed E-state index contributed by atoms with van der Waals surface area (Å²) in [4.78, 5) is 24.0. The molecule has 0 aliphatic carbocycles. The van der Waals surface area contributed by atoms with E-state index in [4.69, 9.17) is 19.1 Å². The molecule has 5 rings (SSSR count). The van der Waals surface area contributed by atoms with Gasteiger partial charge >= 0.3 is 5.97 Å². The summed E-state index contributed by atoms with van der Waals surface area (Å²) in [7, 11) is 1.36. The normalized spacial score (nSPS) is 14.7. The monoisotopic (exact) mass is 419 g/mol. The molecule has 4 aromatic rings. The first kappa shape index (κ1) is 19.5. The average molecular weight is 419 g/mol. The van der Waals surface area contributed by atoms with Crippen molar-refractivity contribution in [3.8, 4) is 11.5 Å². The Balaban J connectivity index is 1.70. The van der Waals surface area contributed by atoms with Gasteiger partial charge in [-0.1, -0.05) is 12.8 Å². The number of rotatable bonds is 3. The zero-order valence-electron chi connectivity index (χ0n) is 17.2. The van der Waals surface area contributed by atoms with Crippen molar-refractivity contribution < 1.29 is 18.3 Å². The molecule has 0 unspecified atom stereocenters. The van der Waals surface area contributed by atoms with Gasteiger partial charge in [0.1, 0.15) is 17.1 Å². The summed E-state index contributed by atoms with van der Waals surface area (Å²) in [5, 5.41) is 0.807. The zero-order chi connectivity index (χ0) is 21.4. The minimum Gasteiger partial charge on any atom is -0.465 e. The van der Waals surface area contributed by atoms with Crippen molar-refractivity contribution in [2.45, 2.75) is 25.7 Å². The quantitative estimate of drug-likeness (QED) is 0.417. The third-order valence-electron chi connectivity index (χ3n) is 5.69. The Hall–Kier alpha value is -3.48. The largest absolute Gasteiger partial charge is 0.465 e. The molecule has 0 spiro atoms. The lowest BCUT2D eigenvalue weighted by Gasteiger charge is -2.23. The summed E-state index contributed by atoms with van der Waals surface area (Å²) in [5.74, 6) is 0.506. The molecule has 2 aromatic carbocycles. The number of carbonyl (C=O) groups is 1. The van der Waals surface area contributed by atoms with Crippen LogP contribution in [0, 0.1) is 5.82 Å². The van der Waals surface area contributed by atoms with Crippen LogP contribution < -0.4 is 4.90 Å². The van der Waals surface area contributed by atoms with Crippen LogP contribution in [0.4, 0.5) is 10.2 Å². The van der Waals surface area contributed by atoms with E-state index in [1.807, 2.05) is 6.07 Å². The molecular formula is C24H22FN3O3. The van der Waals surface area contributed by atoms with Crippen molar-refractivity contribution in [2.75, 3.05) is 25.1 Å². The van der Waals surface area contributed by atoms with Gasteiger partial charge in [-0.25, -0.2) is 19.2 Å². The first-order valence-electron chi connectivity index (χ1n) is 10.5. The minimum absolute atomic E-state index is 0.346. The van der Waals surface area contributed by atoms with Gasteiger partial charge < -0.3 is 14.1 Å². The highest BCUT2D eigenvalue weighted by atomic mass is 19.1. The lowest BCUT2D eigenvalue weighted by atomic mass is 10.1. The molecule has 31 heavy (non-hydrogen) atoms. The number of carbonyl (C=O) groups excluding carboxylic acids is 1. The van der Waals surface area contributed by atoms with Gasteiger partial charge in [0.2, 0.25) is 0 Å². The summed E-state index contributed by atoms with van der Waals surface area (Å²) in [6, 6.07) is 11.5. The third-order valence-corrected chi connectivity index (χ3v) is 5.69. The van der Waals surface area contributed by atoms with E-state index in [2.05, 4.69) is 4.90 Å². The minimum atomic E-state index is -0.414. The number of esters is 1. The molecule has 0 saturated carbocycles. The number of nitrogens with zero attached hydrogens (tertiary/aromatic N) is 3. The van der Waals surface area contributed by atoms with Crippen LogP contribution in [-0.2, 0) is 4.74 Å². The van der Waals surface area contributed by atoms with Gasteiger partial charge in [-0.05, 0) is 49.2 Å². The van der Waals surface area contributed by atoms with Gasteiger partial charge in [-0.15, -0.1) is 0 Å². The summed E-state index contributed by atoms with van der Waals surface area (Å²) < 4.78 is 24.5. The van der Waals surface area contributed by atoms with Crippen LogP contribution in [0.2, 0.25) is 0 Å². The Morgan fingerprint density at radius 3 is 2.58 bits per heavy atom. The molecule has 2 aromatic heterocycles. The maximum atomic E-state index is 13.7. The molecule has 0 bridgehead atoms. The zero-order valence-corrected chi connectivity index (χ0v) is 17.2. The molecule has 0 amide bonds. The van der Waals surface area contributed by atoms with Crippen molar-refractivity contribution in [1.82, 2.24) is 9.97 Å². The highest BCUT2D eigenvalue weighted by molar-refractivity contribution is 5.94. The van der Waals surface area contributed by atoms with Gasteiger partial charge in [0.15, 0.2) is 11.6 Å². The fourth-order valence-electron chi connectivity index (χ4n) is 4.08. The number of halogens is 1. The second-order valence-electron chi connectivity index (χ2n) is 7.78. The Morgan fingerprint density at radius 2 is 1.81 bits per heavy atom. The van der Waals surface area contributed by atoms with E-state index in [1.165, 1.54) is 32.1 Å². The number of hydrogen-bond acceptors (Lipinski definition) is 6. The smallest absolute Gasteiger partial charge is 0.337 e. The number of benzene rings is 2. The van der Waals surface area contributed by atoms with E-state index in [9.17, 15) is 9.18 Å². The molecule has 0 N–H and O–H groups in total. The van der Waals surface area contributed by atoms with E-state index in [1.54, 1.807) is 24.3 Å². The van der Waals surface area contributed by atoms with Crippen molar-refractivity contribution >= 4 is 33.8 Å². The maximum absolute atomic E-state index is 13.7.